The van der Waals surface area contributed by atoms with Crippen molar-refractivity contribution >= 4 is 23.2 Å². The maximum Gasteiger partial charge on any atom is 0.276 e. The normalized spacial score (nSPS) is 10.3. The summed E-state index contributed by atoms with van der Waals surface area (Å²) in [5.41, 5.74) is 3.43. The van der Waals surface area contributed by atoms with Crippen molar-refractivity contribution in [2.75, 3.05) is 11.9 Å². The Bertz CT molecular complexity index is 605. The monoisotopic (exact) mass is 274 g/mol. The van der Waals surface area contributed by atoms with Crippen LogP contribution < -0.4 is 4.90 Å². The molecule has 0 spiro atoms. The van der Waals surface area contributed by atoms with E-state index >= 15 is 0 Å². The van der Waals surface area contributed by atoms with Gasteiger partial charge in [-0.1, -0.05) is 23.7 Å². The molecule has 0 saturated carbocycles. The number of aromatic nitrogens is 1. The van der Waals surface area contributed by atoms with Crippen molar-refractivity contribution < 1.29 is 4.79 Å². The SMILES string of the molecule is Cc1cc(C)cc(N(C)C(=O)c2cccc(Cl)n2)c1. The molecule has 19 heavy (non-hydrogen) atoms. The Kier molecular flexibility index (Phi) is 3.86. The van der Waals surface area contributed by atoms with Gasteiger partial charge in [0, 0.05) is 12.7 Å². The van der Waals surface area contributed by atoms with Gasteiger partial charge in [-0.15, -0.1) is 0 Å². The zero-order chi connectivity index (χ0) is 14.0. The van der Waals surface area contributed by atoms with Crippen molar-refractivity contribution in [2.24, 2.45) is 0 Å². The number of amides is 1. The summed E-state index contributed by atoms with van der Waals surface area (Å²) in [5, 5.41) is 0.319. The van der Waals surface area contributed by atoms with E-state index < -0.39 is 0 Å². The lowest BCUT2D eigenvalue weighted by atomic mass is 10.1. The summed E-state index contributed by atoms with van der Waals surface area (Å²) in [7, 11) is 1.74. The summed E-state index contributed by atoms with van der Waals surface area (Å²) in [6.07, 6.45) is 0. The van der Waals surface area contributed by atoms with Gasteiger partial charge in [-0.3, -0.25) is 4.79 Å². The number of halogens is 1. The van der Waals surface area contributed by atoms with Crippen LogP contribution in [0.1, 0.15) is 21.6 Å². The summed E-state index contributed by atoms with van der Waals surface area (Å²) >= 11 is 5.81. The highest BCUT2D eigenvalue weighted by molar-refractivity contribution is 6.29. The van der Waals surface area contributed by atoms with Crippen LogP contribution in [0, 0.1) is 13.8 Å². The van der Waals surface area contributed by atoms with E-state index in [9.17, 15) is 4.79 Å². The molecule has 2 aromatic rings. The van der Waals surface area contributed by atoms with Crippen LogP contribution in [0.4, 0.5) is 5.69 Å². The highest BCUT2D eigenvalue weighted by atomic mass is 35.5. The Hall–Kier alpha value is -1.87. The fourth-order valence-corrected chi connectivity index (χ4v) is 2.12. The molecule has 0 saturated heterocycles. The van der Waals surface area contributed by atoms with Crippen LogP contribution in [-0.4, -0.2) is 17.9 Å². The van der Waals surface area contributed by atoms with Crippen LogP contribution in [0.5, 0.6) is 0 Å². The molecule has 0 aliphatic heterocycles. The first-order valence-electron chi connectivity index (χ1n) is 5.96. The smallest absolute Gasteiger partial charge is 0.276 e. The maximum atomic E-state index is 12.3. The van der Waals surface area contributed by atoms with Crippen LogP contribution in [0.3, 0.4) is 0 Å². The average Bonchev–Trinajstić information content (AvgIpc) is 2.36. The molecule has 3 nitrogen and oxygen atoms in total. The highest BCUT2D eigenvalue weighted by Gasteiger charge is 2.15. The third kappa shape index (κ3) is 3.12. The number of nitrogens with zero attached hydrogens (tertiary/aromatic N) is 2. The molecular formula is C15H15ClN2O. The van der Waals surface area contributed by atoms with Crippen LogP contribution in [0.15, 0.2) is 36.4 Å². The molecule has 0 aliphatic rings. The van der Waals surface area contributed by atoms with E-state index in [4.69, 9.17) is 11.6 Å². The van der Waals surface area contributed by atoms with Gasteiger partial charge in [0.25, 0.3) is 5.91 Å². The fourth-order valence-electron chi connectivity index (χ4n) is 1.96. The molecule has 0 N–H and O–H groups in total. The van der Waals surface area contributed by atoms with Crippen molar-refractivity contribution in [3.63, 3.8) is 0 Å². The Morgan fingerprint density at radius 1 is 1.16 bits per heavy atom. The van der Waals surface area contributed by atoms with Gasteiger partial charge in [0.2, 0.25) is 0 Å². The first kappa shape index (κ1) is 13.6. The molecule has 2 rings (SSSR count). The number of rotatable bonds is 2. The van der Waals surface area contributed by atoms with Crippen molar-refractivity contribution in [2.45, 2.75) is 13.8 Å². The lowest BCUT2D eigenvalue weighted by molar-refractivity contribution is 0.0988. The predicted molar refractivity (Wildman–Crippen MR) is 77.9 cm³/mol. The Balaban J connectivity index is 2.33. The van der Waals surface area contributed by atoms with E-state index in [1.165, 1.54) is 0 Å². The lowest BCUT2D eigenvalue weighted by Crippen LogP contribution is -2.27. The highest BCUT2D eigenvalue weighted by Crippen LogP contribution is 2.19. The maximum absolute atomic E-state index is 12.3. The molecule has 1 aromatic heterocycles. The summed E-state index contributed by atoms with van der Waals surface area (Å²) in [6, 6.07) is 11.0. The van der Waals surface area contributed by atoms with E-state index in [1.54, 1.807) is 30.1 Å². The van der Waals surface area contributed by atoms with Crippen LogP contribution in [-0.2, 0) is 0 Å². The molecule has 0 aliphatic carbocycles. The number of hydrogen-bond donors (Lipinski definition) is 0. The molecule has 4 heteroatoms. The van der Waals surface area contributed by atoms with E-state index in [-0.39, 0.29) is 5.91 Å². The molecule has 0 atom stereocenters. The molecule has 0 unspecified atom stereocenters. The van der Waals surface area contributed by atoms with Crippen LogP contribution in [0.2, 0.25) is 5.15 Å². The quantitative estimate of drug-likeness (QED) is 0.784. The minimum Gasteiger partial charge on any atom is -0.310 e. The second-order valence-corrected chi connectivity index (χ2v) is 4.94. The number of hydrogen-bond acceptors (Lipinski definition) is 2. The predicted octanol–water partition coefficient (Wildman–Crippen LogP) is 3.63. The van der Waals surface area contributed by atoms with Gasteiger partial charge in [-0.2, -0.15) is 0 Å². The van der Waals surface area contributed by atoms with E-state index in [0.29, 0.717) is 10.8 Å². The number of pyridine rings is 1. The number of carbonyl (C=O) groups excluding carboxylic acids is 1. The summed E-state index contributed by atoms with van der Waals surface area (Å²) in [5.74, 6) is -0.174. The first-order chi connectivity index (χ1) is 8.97. The first-order valence-corrected chi connectivity index (χ1v) is 6.34. The minimum absolute atomic E-state index is 0.174. The van der Waals surface area contributed by atoms with Gasteiger partial charge >= 0.3 is 0 Å². The van der Waals surface area contributed by atoms with Gasteiger partial charge in [-0.25, -0.2) is 4.98 Å². The van der Waals surface area contributed by atoms with E-state index in [1.807, 2.05) is 26.0 Å². The van der Waals surface area contributed by atoms with Crippen molar-refractivity contribution in [1.29, 1.82) is 0 Å². The Morgan fingerprint density at radius 3 is 2.37 bits per heavy atom. The zero-order valence-corrected chi connectivity index (χ0v) is 11.9. The summed E-state index contributed by atoms with van der Waals surface area (Å²) < 4.78 is 0. The summed E-state index contributed by atoms with van der Waals surface area (Å²) in [4.78, 5) is 17.9. The molecule has 1 heterocycles. The van der Waals surface area contributed by atoms with Gasteiger partial charge in [0.15, 0.2) is 0 Å². The third-order valence-electron chi connectivity index (χ3n) is 2.83. The second kappa shape index (κ2) is 5.41. The van der Waals surface area contributed by atoms with Crippen LogP contribution in [0.25, 0.3) is 0 Å². The van der Waals surface area contributed by atoms with Crippen molar-refractivity contribution in [3.8, 4) is 0 Å². The average molecular weight is 275 g/mol. The zero-order valence-electron chi connectivity index (χ0n) is 11.1. The number of benzene rings is 1. The summed E-state index contributed by atoms with van der Waals surface area (Å²) in [6.45, 7) is 4.01. The van der Waals surface area contributed by atoms with E-state index in [0.717, 1.165) is 16.8 Å². The van der Waals surface area contributed by atoms with Gasteiger partial charge in [-0.05, 0) is 49.2 Å². The van der Waals surface area contributed by atoms with Crippen molar-refractivity contribution in [3.05, 3.63) is 58.4 Å². The number of anilines is 1. The molecule has 1 aromatic carbocycles. The Labute approximate surface area is 117 Å². The van der Waals surface area contributed by atoms with Crippen LogP contribution >= 0.6 is 11.6 Å². The number of carbonyl (C=O) groups is 1. The Morgan fingerprint density at radius 2 is 1.79 bits per heavy atom. The second-order valence-electron chi connectivity index (χ2n) is 4.56. The van der Waals surface area contributed by atoms with Crippen molar-refractivity contribution in [1.82, 2.24) is 4.98 Å². The third-order valence-corrected chi connectivity index (χ3v) is 3.04. The van der Waals surface area contributed by atoms with Gasteiger partial charge in [0.05, 0.1) is 0 Å². The molecule has 0 bridgehead atoms. The molecular weight excluding hydrogens is 260 g/mol. The fraction of sp³-hybridized carbons (Fsp3) is 0.200. The topological polar surface area (TPSA) is 33.2 Å². The molecule has 1 amide bonds. The largest absolute Gasteiger partial charge is 0.310 e. The standard InChI is InChI=1S/C15H15ClN2O/c1-10-7-11(2)9-12(8-10)18(3)15(19)13-5-4-6-14(16)17-13/h4-9H,1-3H3. The molecule has 0 fully saturated rings. The number of aryl methyl sites for hydroxylation is 2. The lowest BCUT2D eigenvalue weighted by Gasteiger charge is -2.18. The van der Waals surface area contributed by atoms with E-state index in [2.05, 4.69) is 11.1 Å². The minimum atomic E-state index is -0.174. The van der Waals surface area contributed by atoms with Gasteiger partial charge in [0.1, 0.15) is 10.8 Å². The molecule has 98 valence electrons. The van der Waals surface area contributed by atoms with Gasteiger partial charge < -0.3 is 4.90 Å². The molecule has 0 radical (unpaired) electrons.